The van der Waals surface area contributed by atoms with E-state index in [0.29, 0.717) is 39.8 Å². The van der Waals surface area contributed by atoms with Gasteiger partial charge in [-0.2, -0.15) is 5.10 Å². The van der Waals surface area contributed by atoms with Gasteiger partial charge in [0.05, 0.1) is 24.9 Å². The zero-order valence-electron chi connectivity index (χ0n) is 19.7. The van der Waals surface area contributed by atoms with E-state index in [0.717, 1.165) is 12.8 Å². The van der Waals surface area contributed by atoms with Crippen molar-refractivity contribution >= 4 is 35.6 Å². The van der Waals surface area contributed by atoms with Crippen LogP contribution in [0.2, 0.25) is 5.02 Å². The molecule has 0 fully saturated rings. The number of carbonyl (C=O) groups excluding carboxylic acids is 3. The number of carbonyl (C=O) groups is 3. The molecule has 186 valence electrons. The predicted octanol–water partition coefficient (Wildman–Crippen LogP) is 4.62. The number of ether oxygens (including phenoxy) is 2. The van der Waals surface area contributed by atoms with Gasteiger partial charge in [0.2, 0.25) is 0 Å². The zero-order chi connectivity index (χ0) is 25.8. The molecule has 36 heavy (non-hydrogen) atoms. The number of hydrogen-bond donors (Lipinski definition) is 2. The molecule has 0 aliphatic rings. The minimum absolute atomic E-state index is 0.247. The largest absolute Gasteiger partial charge is 0.494 e. The Kier molecular flexibility index (Phi) is 10.0. The van der Waals surface area contributed by atoms with E-state index in [9.17, 15) is 14.4 Å². The van der Waals surface area contributed by atoms with Crippen molar-refractivity contribution in [1.29, 1.82) is 0 Å². The third-order valence-electron chi connectivity index (χ3n) is 4.85. The van der Waals surface area contributed by atoms with Crippen molar-refractivity contribution < 1.29 is 23.9 Å². The number of nitrogens with one attached hydrogen (secondary N) is 2. The molecule has 0 bridgehead atoms. The monoisotopic (exact) mass is 507 g/mol. The van der Waals surface area contributed by atoms with Gasteiger partial charge < -0.3 is 14.8 Å². The molecule has 8 nitrogen and oxygen atoms in total. The lowest BCUT2D eigenvalue weighted by Gasteiger charge is -2.07. The summed E-state index contributed by atoms with van der Waals surface area (Å²) in [5.41, 5.74) is 3.77. The number of halogens is 1. The molecule has 0 radical (unpaired) electrons. The number of amides is 2. The van der Waals surface area contributed by atoms with Crippen molar-refractivity contribution in [2.45, 2.75) is 19.8 Å². The number of rotatable bonds is 11. The molecule has 0 atom stereocenters. The van der Waals surface area contributed by atoms with Gasteiger partial charge in [0.25, 0.3) is 11.8 Å². The van der Waals surface area contributed by atoms with Crippen LogP contribution in [0.15, 0.2) is 77.9 Å². The highest BCUT2D eigenvalue weighted by molar-refractivity contribution is 6.31. The minimum Gasteiger partial charge on any atom is -0.494 e. The number of benzene rings is 3. The van der Waals surface area contributed by atoms with E-state index in [-0.39, 0.29) is 6.54 Å². The van der Waals surface area contributed by atoms with Crippen molar-refractivity contribution in [2.75, 3.05) is 13.2 Å². The lowest BCUT2D eigenvalue weighted by molar-refractivity contribution is -0.120. The fraction of sp³-hybridized carbons (Fsp3) is 0.185. The summed E-state index contributed by atoms with van der Waals surface area (Å²) in [6, 6.07) is 19.8. The van der Waals surface area contributed by atoms with E-state index in [1.807, 2.05) is 0 Å². The molecule has 0 unspecified atom stereocenters. The Morgan fingerprint density at radius 2 is 1.67 bits per heavy atom. The van der Waals surface area contributed by atoms with Gasteiger partial charge in [-0.1, -0.05) is 31.0 Å². The maximum atomic E-state index is 12.4. The average molecular weight is 508 g/mol. The first-order valence-electron chi connectivity index (χ1n) is 11.4. The molecule has 0 spiro atoms. The van der Waals surface area contributed by atoms with Crippen LogP contribution in [0.4, 0.5) is 0 Å². The van der Waals surface area contributed by atoms with Gasteiger partial charge in [-0.25, -0.2) is 10.2 Å². The van der Waals surface area contributed by atoms with E-state index >= 15 is 0 Å². The second kappa shape index (κ2) is 13.7. The Labute approximate surface area is 214 Å². The quantitative estimate of drug-likeness (QED) is 0.129. The van der Waals surface area contributed by atoms with Gasteiger partial charge in [-0.15, -0.1) is 0 Å². The van der Waals surface area contributed by atoms with Crippen molar-refractivity contribution in [1.82, 2.24) is 10.7 Å². The van der Waals surface area contributed by atoms with Crippen LogP contribution in [0.5, 0.6) is 11.5 Å². The van der Waals surface area contributed by atoms with E-state index in [4.69, 9.17) is 21.1 Å². The third kappa shape index (κ3) is 8.56. The lowest BCUT2D eigenvalue weighted by atomic mass is 10.2. The van der Waals surface area contributed by atoms with E-state index in [2.05, 4.69) is 22.8 Å². The van der Waals surface area contributed by atoms with Gasteiger partial charge in [0.15, 0.2) is 0 Å². The highest BCUT2D eigenvalue weighted by Gasteiger charge is 2.10. The maximum Gasteiger partial charge on any atom is 0.343 e. The highest BCUT2D eigenvalue weighted by atomic mass is 35.5. The molecule has 2 amide bonds. The van der Waals surface area contributed by atoms with Gasteiger partial charge in [-0.05, 0) is 78.7 Å². The standard InChI is InChI=1S/C27H26ClN3O5/c1-2-3-15-35-23-13-9-20(10-14-23)27(34)36-24-11-7-19(8-12-24)17-30-31-25(32)18-29-26(33)21-5-4-6-22(28)16-21/h4-14,16-17H,2-3,15,18H2,1H3,(H,29,33)(H,31,32). The molecule has 3 aromatic carbocycles. The number of esters is 1. The molecule has 0 saturated heterocycles. The van der Waals surface area contributed by atoms with Crippen molar-refractivity contribution in [3.63, 3.8) is 0 Å². The predicted molar refractivity (Wildman–Crippen MR) is 138 cm³/mol. The van der Waals surface area contributed by atoms with Crippen molar-refractivity contribution in [2.24, 2.45) is 5.10 Å². The number of nitrogens with zero attached hydrogens (tertiary/aromatic N) is 1. The smallest absolute Gasteiger partial charge is 0.343 e. The Balaban J connectivity index is 1.42. The summed E-state index contributed by atoms with van der Waals surface area (Å²) in [4.78, 5) is 36.3. The zero-order valence-corrected chi connectivity index (χ0v) is 20.5. The molecule has 0 heterocycles. The molecule has 0 aliphatic carbocycles. The van der Waals surface area contributed by atoms with Crippen LogP contribution in [0.3, 0.4) is 0 Å². The summed E-state index contributed by atoms with van der Waals surface area (Å²) in [6.07, 6.45) is 3.45. The van der Waals surface area contributed by atoms with Crippen LogP contribution in [-0.4, -0.2) is 37.1 Å². The maximum absolute atomic E-state index is 12.4. The topological polar surface area (TPSA) is 106 Å². The van der Waals surface area contributed by atoms with Gasteiger partial charge >= 0.3 is 5.97 Å². The summed E-state index contributed by atoms with van der Waals surface area (Å²) < 4.78 is 11.0. The first kappa shape index (κ1) is 26.4. The van der Waals surface area contributed by atoms with Gasteiger partial charge in [0, 0.05) is 10.6 Å². The summed E-state index contributed by atoms with van der Waals surface area (Å²) in [5.74, 6) is -0.317. The normalized spacial score (nSPS) is 10.6. The summed E-state index contributed by atoms with van der Waals surface area (Å²) in [5, 5.41) is 6.78. The molecular weight excluding hydrogens is 482 g/mol. The average Bonchev–Trinajstić information content (AvgIpc) is 2.89. The number of hydrazone groups is 1. The van der Waals surface area contributed by atoms with E-state index in [1.165, 1.54) is 12.3 Å². The van der Waals surface area contributed by atoms with Crippen LogP contribution in [-0.2, 0) is 4.79 Å². The van der Waals surface area contributed by atoms with Crippen LogP contribution in [0.1, 0.15) is 46.0 Å². The second-order valence-electron chi connectivity index (χ2n) is 7.67. The Hall–Kier alpha value is -4.17. The number of hydrogen-bond acceptors (Lipinski definition) is 6. The Morgan fingerprint density at radius 3 is 2.36 bits per heavy atom. The van der Waals surface area contributed by atoms with Crippen molar-refractivity contribution in [3.8, 4) is 11.5 Å². The molecule has 0 aromatic heterocycles. The minimum atomic E-state index is -0.492. The van der Waals surface area contributed by atoms with Gasteiger partial charge in [-0.3, -0.25) is 9.59 Å². The van der Waals surface area contributed by atoms with Crippen LogP contribution in [0.25, 0.3) is 0 Å². The Morgan fingerprint density at radius 1 is 0.944 bits per heavy atom. The lowest BCUT2D eigenvalue weighted by Crippen LogP contribution is -2.34. The van der Waals surface area contributed by atoms with Crippen LogP contribution >= 0.6 is 11.6 Å². The molecular formula is C27H26ClN3O5. The molecule has 0 saturated carbocycles. The van der Waals surface area contributed by atoms with Gasteiger partial charge in [0.1, 0.15) is 11.5 Å². The van der Waals surface area contributed by atoms with Crippen LogP contribution in [0, 0.1) is 0 Å². The van der Waals surface area contributed by atoms with E-state index in [1.54, 1.807) is 66.7 Å². The molecule has 3 rings (SSSR count). The highest BCUT2D eigenvalue weighted by Crippen LogP contribution is 2.17. The fourth-order valence-electron chi connectivity index (χ4n) is 2.92. The summed E-state index contributed by atoms with van der Waals surface area (Å²) >= 11 is 5.86. The number of unbranched alkanes of at least 4 members (excludes halogenated alkanes) is 1. The summed E-state index contributed by atoms with van der Waals surface area (Å²) in [6.45, 7) is 2.48. The molecule has 2 N–H and O–H groups in total. The third-order valence-corrected chi connectivity index (χ3v) is 5.08. The second-order valence-corrected chi connectivity index (χ2v) is 8.11. The summed E-state index contributed by atoms with van der Waals surface area (Å²) in [7, 11) is 0. The fourth-order valence-corrected chi connectivity index (χ4v) is 3.11. The molecule has 9 heteroatoms. The first-order valence-corrected chi connectivity index (χ1v) is 11.7. The SMILES string of the molecule is CCCCOc1ccc(C(=O)Oc2ccc(C=NNC(=O)CNC(=O)c3cccc(Cl)c3)cc2)cc1. The Bertz CT molecular complexity index is 1210. The molecule has 3 aromatic rings. The van der Waals surface area contributed by atoms with Crippen LogP contribution < -0.4 is 20.2 Å². The van der Waals surface area contributed by atoms with Crippen molar-refractivity contribution in [3.05, 3.63) is 94.5 Å². The molecule has 0 aliphatic heterocycles. The van der Waals surface area contributed by atoms with E-state index < -0.39 is 17.8 Å². The first-order chi connectivity index (χ1) is 17.4.